The predicted molar refractivity (Wildman–Crippen MR) is 108 cm³/mol. The zero-order valence-corrected chi connectivity index (χ0v) is 16.6. The summed E-state index contributed by atoms with van der Waals surface area (Å²) in [4.78, 5) is 4.51. The Balaban J connectivity index is 0.00000264. The molecule has 0 amide bonds. The average Bonchev–Trinajstić information content (AvgIpc) is 2.55. The van der Waals surface area contributed by atoms with Crippen LogP contribution in [0.5, 0.6) is 5.75 Å². The van der Waals surface area contributed by atoms with E-state index in [1.54, 1.807) is 7.11 Å². The summed E-state index contributed by atoms with van der Waals surface area (Å²) in [5, 5.41) is 3.36. The van der Waals surface area contributed by atoms with E-state index in [2.05, 4.69) is 29.4 Å². The van der Waals surface area contributed by atoms with E-state index >= 15 is 0 Å². The van der Waals surface area contributed by atoms with Crippen molar-refractivity contribution in [3.05, 3.63) is 29.8 Å². The Labute approximate surface area is 157 Å². The highest BCUT2D eigenvalue weighted by atomic mass is 127. The maximum atomic E-state index is 6.01. The number of benzene rings is 1. The molecule has 3 N–H and O–H groups in total. The minimum atomic E-state index is 0. The molecule has 0 aromatic heterocycles. The van der Waals surface area contributed by atoms with Crippen LogP contribution in [0.25, 0.3) is 0 Å². The quantitative estimate of drug-likeness (QED) is 0.410. The maximum absolute atomic E-state index is 6.01. The number of methoxy groups -OCH3 is 1. The number of hydrogen-bond donors (Lipinski definition) is 2. The van der Waals surface area contributed by atoms with Crippen LogP contribution in [0.3, 0.4) is 0 Å². The Morgan fingerprint density at radius 2 is 1.91 bits per heavy atom. The predicted octanol–water partition coefficient (Wildman–Crippen LogP) is 3.73. The third-order valence-corrected chi connectivity index (χ3v) is 4.27. The molecule has 1 aromatic carbocycles. The fourth-order valence-corrected chi connectivity index (χ4v) is 2.98. The molecule has 1 aliphatic carbocycles. The Hall–Kier alpha value is -0.980. The molecule has 1 unspecified atom stereocenters. The van der Waals surface area contributed by atoms with Gasteiger partial charge in [0.1, 0.15) is 5.75 Å². The topological polar surface area (TPSA) is 59.6 Å². The SMILES string of the molecule is COc1ccc(CC(C)CN=C(N)NC2CCCCC2)cc1.I. The highest BCUT2D eigenvalue weighted by Crippen LogP contribution is 2.17. The van der Waals surface area contributed by atoms with E-state index in [1.165, 1.54) is 37.7 Å². The van der Waals surface area contributed by atoms with Crippen LogP contribution in [-0.2, 0) is 6.42 Å². The largest absolute Gasteiger partial charge is 0.497 e. The second-order valence-corrected chi connectivity index (χ2v) is 6.36. The van der Waals surface area contributed by atoms with Gasteiger partial charge in [0.25, 0.3) is 0 Å². The Morgan fingerprint density at radius 1 is 1.26 bits per heavy atom. The number of hydrogen-bond acceptors (Lipinski definition) is 2. The van der Waals surface area contributed by atoms with E-state index in [9.17, 15) is 0 Å². The van der Waals surface area contributed by atoms with Crippen LogP contribution in [0.4, 0.5) is 0 Å². The molecule has 5 heteroatoms. The molecule has 23 heavy (non-hydrogen) atoms. The summed E-state index contributed by atoms with van der Waals surface area (Å²) in [6.07, 6.45) is 7.41. The van der Waals surface area contributed by atoms with Crippen LogP contribution in [0.1, 0.15) is 44.6 Å². The summed E-state index contributed by atoms with van der Waals surface area (Å²) in [6, 6.07) is 8.76. The zero-order chi connectivity index (χ0) is 15.8. The molecule has 1 fully saturated rings. The van der Waals surface area contributed by atoms with Crippen molar-refractivity contribution in [1.29, 1.82) is 0 Å². The highest BCUT2D eigenvalue weighted by molar-refractivity contribution is 14.0. The van der Waals surface area contributed by atoms with Crippen LogP contribution in [0.2, 0.25) is 0 Å². The van der Waals surface area contributed by atoms with Crippen molar-refractivity contribution in [2.75, 3.05) is 13.7 Å². The van der Waals surface area contributed by atoms with E-state index in [-0.39, 0.29) is 24.0 Å². The average molecular weight is 431 g/mol. The Morgan fingerprint density at radius 3 is 2.52 bits per heavy atom. The summed E-state index contributed by atoms with van der Waals surface area (Å²) < 4.78 is 5.18. The first-order chi connectivity index (χ1) is 10.7. The molecule has 0 heterocycles. The van der Waals surface area contributed by atoms with Crippen molar-refractivity contribution in [2.45, 2.75) is 51.5 Å². The summed E-state index contributed by atoms with van der Waals surface area (Å²) in [6.45, 7) is 2.97. The van der Waals surface area contributed by atoms with Crippen molar-refractivity contribution in [2.24, 2.45) is 16.6 Å². The first kappa shape index (κ1) is 20.1. The molecule has 0 aliphatic heterocycles. The van der Waals surface area contributed by atoms with E-state index < -0.39 is 0 Å². The number of rotatable bonds is 6. The fourth-order valence-electron chi connectivity index (χ4n) is 2.98. The minimum absolute atomic E-state index is 0. The minimum Gasteiger partial charge on any atom is -0.497 e. The summed E-state index contributed by atoms with van der Waals surface area (Å²) >= 11 is 0. The van der Waals surface area contributed by atoms with Gasteiger partial charge in [0.05, 0.1) is 7.11 Å². The van der Waals surface area contributed by atoms with E-state index in [0.29, 0.717) is 17.9 Å². The second-order valence-electron chi connectivity index (χ2n) is 6.36. The fraction of sp³-hybridized carbons (Fsp3) is 0.611. The van der Waals surface area contributed by atoms with Gasteiger partial charge in [-0.3, -0.25) is 4.99 Å². The summed E-state index contributed by atoms with van der Waals surface area (Å²) in [7, 11) is 1.69. The first-order valence-corrected chi connectivity index (χ1v) is 8.36. The zero-order valence-electron chi connectivity index (χ0n) is 14.3. The molecule has 0 spiro atoms. The Kier molecular flexibility index (Phi) is 9.36. The molecule has 1 aromatic rings. The molecule has 0 saturated heterocycles. The molecular formula is C18H30IN3O. The molecule has 130 valence electrons. The monoisotopic (exact) mass is 431 g/mol. The third-order valence-electron chi connectivity index (χ3n) is 4.27. The molecular weight excluding hydrogens is 401 g/mol. The van der Waals surface area contributed by atoms with Gasteiger partial charge in [-0.05, 0) is 42.9 Å². The van der Waals surface area contributed by atoms with Gasteiger partial charge < -0.3 is 15.8 Å². The molecule has 1 aliphatic rings. The number of halogens is 1. The maximum Gasteiger partial charge on any atom is 0.188 e. The Bertz CT molecular complexity index is 470. The lowest BCUT2D eigenvalue weighted by atomic mass is 9.96. The van der Waals surface area contributed by atoms with Gasteiger partial charge in [-0.1, -0.05) is 38.3 Å². The van der Waals surface area contributed by atoms with Gasteiger partial charge in [0, 0.05) is 12.6 Å². The lowest BCUT2D eigenvalue weighted by Gasteiger charge is -2.23. The number of ether oxygens (including phenoxy) is 1. The number of nitrogens with one attached hydrogen (secondary N) is 1. The smallest absolute Gasteiger partial charge is 0.188 e. The van der Waals surface area contributed by atoms with Crippen LogP contribution in [0.15, 0.2) is 29.3 Å². The van der Waals surface area contributed by atoms with E-state index in [4.69, 9.17) is 10.5 Å². The number of nitrogens with two attached hydrogens (primary N) is 1. The van der Waals surface area contributed by atoms with Gasteiger partial charge >= 0.3 is 0 Å². The lowest BCUT2D eigenvalue weighted by molar-refractivity contribution is 0.412. The molecule has 4 nitrogen and oxygen atoms in total. The summed E-state index contributed by atoms with van der Waals surface area (Å²) in [5.41, 5.74) is 7.31. The molecule has 1 saturated carbocycles. The van der Waals surface area contributed by atoms with Crippen molar-refractivity contribution >= 4 is 29.9 Å². The van der Waals surface area contributed by atoms with Gasteiger partial charge in [0.2, 0.25) is 0 Å². The number of aliphatic imine (C=N–C) groups is 1. The molecule has 0 bridgehead atoms. The van der Waals surface area contributed by atoms with Crippen LogP contribution >= 0.6 is 24.0 Å². The lowest BCUT2D eigenvalue weighted by Crippen LogP contribution is -2.41. The van der Waals surface area contributed by atoms with Gasteiger partial charge in [-0.25, -0.2) is 0 Å². The number of nitrogens with zero attached hydrogens (tertiary/aromatic N) is 1. The number of guanidine groups is 1. The standard InChI is InChI=1S/C18H29N3O.HI/c1-14(12-15-8-10-17(22-2)11-9-15)13-20-18(19)21-16-6-4-3-5-7-16;/h8-11,14,16H,3-7,12-13H2,1-2H3,(H3,19,20,21);1H. The van der Waals surface area contributed by atoms with Crippen LogP contribution < -0.4 is 15.8 Å². The molecule has 1 atom stereocenters. The summed E-state index contributed by atoms with van der Waals surface area (Å²) in [5.74, 6) is 1.98. The first-order valence-electron chi connectivity index (χ1n) is 8.36. The van der Waals surface area contributed by atoms with Gasteiger partial charge in [-0.15, -0.1) is 24.0 Å². The normalized spacial score (nSPS) is 17.2. The van der Waals surface area contributed by atoms with Crippen molar-refractivity contribution in [3.63, 3.8) is 0 Å². The van der Waals surface area contributed by atoms with Crippen molar-refractivity contribution in [3.8, 4) is 5.75 Å². The van der Waals surface area contributed by atoms with Gasteiger partial charge in [-0.2, -0.15) is 0 Å². The van der Waals surface area contributed by atoms with E-state index in [1.807, 2.05) is 12.1 Å². The highest BCUT2D eigenvalue weighted by Gasteiger charge is 2.13. The van der Waals surface area contributed by atoms with Crippen LogP contribution in [-0.4, -0.2) is 25.7 Å². The van der Waals surface area contributed by atoms with Crippen LogP contribution in [0, 0.1) is 5.92 Å². The second kappa shape index (κ2) is 10.7. The molecule has 2 rings (SSSR count). The van der Waals surface area contributed by atoms with Gasteiger partial charge in [0.15, 0.2) is 5.96 Å². The third kappa shape index (κ3) is 7.42. The van der Waals surface area contributed by atoms with E-state index in [0.717, 1.165) is 18.7 Å². The van der Waals surface area contributed by atoms with Crippen molar-refractivity contribution in [1.82, 2.24) is 5.32 Å². The van der Waals surface area contributed by atoms with Crippen molar-refractivity contribution < 1.29 is 4.74 Å². The molecule has 0 radical (unpaired) electrons.